The number of rotatable bonds is 5. The van der Waals surface area contributed by atoms with E-state index in [1.54, 1.807) is 29.1 Å². The molecule has 0 aliphatic carbocycles. The van der Waals surface area contributed by atoms with Gasteiger partial charge in [0, 0.05) is 16.7 Å². The Balaban J connectivity index is 1.76. The van der Waals surface area contributed by atoms with Crippen LogP contribution in [0.25, 0.3) is 0 Å². The molecule has 5 nitrogen and oxygen atoms in total. The summed E-state index contributed by atoms with van der Waals surface area (Å²) in [6.45, 7) is 2.63. The molecule has 124 valence electrons. The Morgan fingerprint density at radius 3 is 2.50 bits per heavy atom. The molecular weight excluding hydrogens is 390 g/mol. The van der Waals surface area contributed by atoms with Crippen molar-refractivity contribution in [2.24, 2.45) is 0 Å². The number of halogens is 1. The van der Waals surface area contributed by atoms with Crippen LogP contribution in [0.15, 0.2) is 70.2 Å². The fourth-order valence-corrected chi connectivity index (χ4v) is 3.54. The summed E-state index contributed by atoms with van der Waals surface area (Å²) in [5, 5.41) is 4.29. The molecule has 0 radical (unpaired) electrons. The number of benzene rings is 2. The van der Waals surface area contributed by atoms with Gasteiger partial charge in [0.1, 0.15) is 0 Å². The highest BCUT2D eigenvalue weighted by molar-refractivity contribution is 9.10. The number of aromatic nitrogens is 2. The lowest BCUT2D eigenvalue weighted by atomic mass is 10.1. The number of hydrogen-bond acceptors (Lipinski definition) is 3. The highest BCUT2D eigenvalue weighted by atomic mass is 79.9. The molecule has 3 aromatic rings. The smallest absolute Gasteiger partial charge is 0.263 e. The van der Waals surface area contributed by atoms with E-state index in [4.69, 9.17) is 0 Å². The lowest BCUT2D eigenvalue weighted by Crippen LogP contribution is -2.13. The molecule has 0 bridgehead atoms. The third-order valence-corrected chi connectivity index (χ3v) is 5.50. The zero-order valence-corrected chi connectivity index (χ0v) is 15.4. The summed E-state index contributed by atoms with van der Waals surface area (Å²) in [4.78, 5) is 0.194. The number of sulfonamides is 1. The van der Waals surface area contributed by atoms with Crippen LogP contribution in [-0.4, -0.2) is 18.2 Å². The van der Waals surface area contributed by atoms with E-state index in [9.17, 15) is 8.42 Å². The van der Waals surface area contributed by atoms with Crippen LogP contribution in [0.4, 0.5) is 5.82 Å². The van der Waals surface area contributed by atoms with Gasteiger partial charge in [-0.2, -0.15) is 5.10 Å². The molecule has 24 heavy (non-hydrogen) atoms. The first-order valence-electron chi connectivity index (χ1n) is 7.30. The normalized spacial score (nSPS) is 11.4. The molecular formula is C17H16BrN3O2S. The van der Waals surface area contributed by atoms with Crippen molar-refractivity contribution in [2.45, 2.75) is 18.4 Å². The summed E-state index contributed by atoms with van der Waals surface area (Å²) in [5.74, 6) is 0.298. The topological polar surface area (TPSA) is 64.0 Å². The van der Waals surface area contributed by atoms with Crippen LogP contribution < -0.4 is 4.72 Å². The van der Waals surface area contributed by atoms with Gasteiger partial charge in [-0.05, 0) is 42.3 Å². The first-order valence-corrected chi connectivity index (χ1v) is 9.58. The van der Waals surface area contributed by atoms with Gasteiger partial charge in [0.15, 0.2) is 5.82 Å². The van der Waals surface area contributed by atoms with E-state index in [0.29, 0.717) is 12.4 Å². The fourth-order valence-electron chi connectivity index (χ4n) is 2.28. The predicted molar refractivity (Wildman–Crippen MR) is 97.5 cm³/mol. The van der Waals surface area contributed by atoms with Crippen LogP contribution in [0, 0.1) is 6.92 Å². The number of nitrogens with zero attached hydrogens (tertiary/aromatic N) is 2. The van der Waals surface area contributed by atoms with Crippen molar-refractivity contribution in [3.05, 3.63) is 76.4 Å². The molecule has 7 heteroatoms. The van der Waals surface area contributed by atoms with Gasteiger partial charge in [-0.25, -0.2) is 8.42 Å². The summed E-state index contributed by atoms with van der Waals surface area (Å²) in [6.07, 6.45) is 1.76. The largest absolute Gasteiger partial charge is 0.266 e. The summed E-state index contributed by atoms with van der Waals surface area (Å²) in [6, 6.07) is 16.1. The maximum absolute atomic E-state index is 12.4. The minimum Gasteiger partial charge on any atom is -0.266 e. The Labute approximate surface area is 149 Å². The Morgan fingerprint density at radius 2 is 1.79 bits per heavy atom. The summed E-state index contributed by atoms with van der Waals surface area (Å²) in [5.41, 5.74) is 2.31. The SMILES string of the molecule is Cc1ccccc1Cn1ccc(NS(=O)(=O)c2ccc(Br)cc2)n1. The highest BCUT2D eigenvalue weighted by Gasteiger charge is 2.15. The Bertz CT molecular complexity index is 950. The van der Waals surface area contributed by atoms with Crippen LogP contribution in [0.1, 0.15) is 11.1 Å². The molecule has 0 saturated heterocycles. The second-order valence-corrected chi connectivity index (χ2v) is 7.98. The first kappa shape index (κ1) is 16.7. The van der Waals surface area contributed by atoms with Gasteiger partial charge in [0.25, 0.3) is 10.0 Å². The molecule has 2 aromatic carbocycles. The van der Waals surface area contributed by atoms with Crippen molar-refractivity contribution in [1.29, 1.82) is 0 Å². The average molecular weight is 406 g/mol. The third kappa shape index (κ3) is 3.85. The Hall–Kier alpha value is -2.12. The lowest BCUT2D eigenvalue weighted by molar-refractivity contribution is 0.600. The zero-order chi connectivity index (χ0) is 17.2. The van der Waals surface area contributed by atoms with Gasteiger partial charge in [-0.1, -0.05) is 40.2 Å². The quantitative estimate of drug-likeness (QED) is 0.701. The van der Waals surface area contributed by atoms with Gasteiger partial charge >= 0.3 is 0 Å². The van der Waals surface area contributed by atoms with Crippen molar-refractivity contribution in [3.63, 3.8) is 0 Å². The van der Waals surface area contributed by atoms with Gasteiger partial charge in [-0.15, -0.1) is 0 Å². The highest BCUT2D eigenvalue weighted by Crippen LogP contribution is 2.18. The molecule has 0 atom stereocenters. The summed E-state index contributed by atoms with van der Waals surface area (Å²) in [7, 11) is -3.64. The van der Waals surface area contributed by atoms with Gasteiger partial charge in [0.05, 0.1) is 11.4 Å². The molecule has 3 rings (SSSR count). The van der Waals surface area contributed by atoms with E-state index in [1.165, 1.54) is 17.7 Å². The van der Waals surface area contributed by atoms with Gasteiger partial charge < -0.3 is 0 Å². The summed E-state index contributed by atoms with van der Waals surface area (Å²) >= 11 is 3.29. The van der Waals surface area contributed by atoms with Crippen LogP contribution >= 0.6 is 15.9 Å². The molecule has 0 saturated carbocycles. The van der Waals surface area contributed by atoms with Crippen LogP contribution in [0.2, 0.25) is 0 Å². The van der Waals surface area contributed by atoms with Crippen LogP contribution in [0.5, 0.6) is 0 Å². The van der Waals surface area contributed by atoms with Crippen LogP contribution in [0.3, 0.4) is 0 Å². The maximum Gasteiger partial charge on any atom is 0.263 e. The van der Waals surface area contributed by atoms with E-state index in [2.05, 4.69) is 25.8 Å². The van der Waals surface area contributed by atoms with Crippen molar-refractivity contribution in [2.75, 3.05) is 4.72 Å². The standard InChI is InChI=1S/C17H16BrN3O2S/c1-13-4-2-3-5-14(13)12-21-11-10-17(19-21)20-24(22,23)16-8-6-15(18)7-9-16/h2-11H,12H2,1H3,(H,19,20). The van der Waals surface area contributed by atoms with Crippen molar-refractivity contribution >= 4 is 31.8 Å². The number of hydrogen-bond donors (Lipinski definition) is 1. The van der Waals surface area contributed by atoms with Gasteiger partial charge in [-0.3, -0.25) is 9.40 Å². The molecule has 0 spiro atoms. The van der Waals surface area contributed by atoms with E-state index in [0.717, 1.165) is 10.0 Å². The number of aryl methyl sites for hydroxylation is 1. The molecule has 1 heterocycles. The molecule has 0 aliphatic heterocycles. The predicted octanol–water partition coefficient (Wildman–Crippen LogP) is 3.80. The van der Waals surface area contributed by atoms with E-state index < -0.39 is 10.0 Å². The van der Waals surface area contributed by atoms with Crippen molar-refractivity contribution in [3.8, 4) is 0 Å². The van der Waals surface area contributed by atoms with E-state index >= 15 is 0 Å². The number of anilines is 1. The van der Waals surface area contributed by atoms with E-state index in [-0.39, 0.29) is 4.90 Å². The number of nitrogens with one attached hydrogen (secondary N) is 1. The van der Waals surface area contributed by atoms with E-state index in [1.807, 2.05) is 31.2 Å². The monoisotopic (exact) mass is 405 g/mol. The van der Waals surface area contributed by atoms with Crippen molar-refractivity contribution < 1.29 is 8.42 Å². The lowest BCUT2D eigenvalue weighted by Gasteiger charge is -2.07. The molecule has 0 aliphatic rings. The van der Waals surface area contributed by atoms with Crippen molar-refractivity contribution in [1.82, 2.24) is 9.78 Å². The third-order valence-electron chi connectivity index (χ3n) is 3.60. The maximum atomic E-state index is 12.4. The minimum absolute atomic E-state index is 0.194. The second kappa shape index (κ2) is 6.78. The zero-order valence-electron chi connectivity index (χ0n) is 13.0. The molecule has 0 fully saturated rings. The molecule has 1 N–H and O–H groups in total. The minimum atomic E-state index is -3.64. The molecule has 1 aromatic heterocycles. The first-order chi connectivity index (χ1) is 11.4. The second-order valence-electron chi connectivity index (χ2n) is 5.38. The van der Waals surface area contributed by atoms with Gasteiger partial charge in [0.2, 0.25) is 0 Å². The summed E-state index contributed by atoms with van der Waals surface area (Å²) < 4.78 is 29.8. The Morgan fingerprint density at radius 1 is 1.08 bits per heavy atom. The van der Waals surface area contributed by atoms with Crippen LogP contribution in [-0.2, 0) is 16.6 Å². The molecule has 0 amide bonds. The molecule has 0 unspecified atom stereocenters. The average Bonchev–Trinajstić information content (AvgIpc) is 2.96. The Kier molecular flexibility index (Phi) is 4.73. The fraction of sp³-hybridized carbons (Fsp3) is 0.118.